The normalized spacial score (nSPS) is 17.1. The molecule has 2 aromatic rings. The van der Waals surface area contributed by atoms with E-state index in [0.717, 1.165) is 11.8 Å². The Morgan fingerprint density at radius 1 is 1.28 bits per heavy atom. The Balaban J connectivity index is 1.84. The SMILES string of the molecule is CCOc1cccc(/C=C2/SC(=Nc3ccc(F)cc3)NC2=O)c1O. The van der Waals surface area contributed by atoms with Gasteiger partial charge in [-0.05, 0) is 55.1 Å². The highest BCUT2D eigenvalue weighted by atomic mass is 32.2. The second kappa shape index (κ2) is 7.40. The van der Waals surface area contributed by atoms with E-state index >= 15 is 0 Å². The number of aromatic hydroxyl groups is 1. The molecule has 0 unspecified atom stereocenters. The van der Waals surface area contributed by atoms with Gasteiger partial charge in [-0.2, -0.15) is 0 Å². The molecule has 2 aromatic carbocycles. The summed E-state index contributed by atoms with van der Waals surface area (Å²) in [5.74, 6) is -0.320. The molecule has 0 atom stereocenters. The first-order valence-corrected chi connectivity index (χ1v) is 8.38. The summed E-state index contributed by atoms with van der Waals surface area (Å²) in [4.78, 5) is 16.8. The lowest BCUT2D eigenvalue weighted by atomic mass is 10.1. The minimum atomic E-state index is -0.350. The van der Waals surface area contributed by atoms with Gasteiger partial charge in [0.05, 0.1) is 17.2 Å². The fourth-order valence-corrected chi connectivity index (χ4v) is 3.02. The Bertz CT molecular complexity index is 863. The minimum absolute atomic E-state index is 0.0193. The number of hydrogen-bond donors (Lipinski definition) is 2. The highest BCUT2D eigenvalue weighted by Gasteiger charge is 2.24. The van der Waals surface area contributed by atoms with E-state index in [0.29, 0.717) is 33.7 Å². The zero-order valence-electron chi connectivity index (χ0n) is 13.3. The van der Waals surface area contributed by atoms with E-state index in [-0.39, 0.29) is 17.5 Å². The second-order valence-corrected chi connectivity index (χ2v) is 6.12. The predicted octanol–water partition coefficient (Wildman–Crippen LogP) is 3.82. The maximum absolute atomic E-state index is 12.9. The van der Waals surface area contributed by atoms with Crippen LogP contribution in [0, 0.1) is 5.82 Å². The standard InChI is InChI=1S/C18H15FN2O3S/c1-2-24-14-5-3-4-11(16(14)22)10-15-17(23)21-18(25-15)20-13-8-6-12(19)7-9-13/h3-10,22H,2H2,1H3,(H,20,21,23)/b15-10+. The van der Waals surface area contributed by atoms with Gasteiger partial charge in [-0.1, -0.05) is 12.1 Å². The summed E-state index contributed by atoms with van der Waals surface area (Å²) < 4.78 is 18.3. The van der Waals surface area contributed by atoms with Crippen LogP contribution in [0.5, 0.6) is 11.5 Å². The molecule has 0 aromatic heterocycles. The third kappa shape index (κ3) is 4.00. The van der Waals surface area contributed by atoms with Gasteiger partial charge in [0, 0.05) is 5.56 Å². The number of rotatable bonds is 4. The topological polar surface area (TPSA) is 70.9 Å². The zero-order chi connectivity index (χ0) is 17.8. The van der Waals surface area contributed by atoms with Crippen molar-refractivity contribution in [2.45, 2.75) is 6.92 Å². The van der Waals surface area contributed by atoms with Gasteiger partial charge in [0.2, 0.25) is 0 Å². The van der Waals surface area contributed by atoms with Crippen LogP contribution >= 0.6 is 11.8 Å². The molecule has 0 spiro atoms. The molecule has 1 fully saturated rings. The van der Waals surface area contributed by atoms with Gasteiger partial charge in [0.15, 0.2) is 16.7 Å². The molecule has 25 heavy (non-hydrogen) atoms. The number of nitrogens with one attached hydrogen (secondary N) is 1. The second-order valence-electron chi connectivity index (χ2n) is 5.09. The number of benzene rings is 2. The Morgan fingerprint density at radius 2 is 2.04 bits per heavy atom. The van der Waals surface area contributed by atoms with Crippen molar-refractivity contribution in [2.24, 2.45) is 4.99 Å². The van der Waals surface area contributed by atoms with Crippen molar-refractivity contribution in [1.82, 2.24) is 5.32 Å². The maximum atomic E-state index is 12.9. The van der Waals surface area contributed by atoms with Crippen LogP contribution in [-0.4, -0.2) is 22.8 Å². The summed E-state index contributed by atoms with van der Waals surface area (Å²) in [6.45, 7) is 2.25. The van der Waals surface area contributed by atoms with Gasteiger partial charge in [-0.25, -0.2) is 9.38 Å². The molecular formula is C18H15FN2O3S. The van der Waals surface area contributed by atoms with Gasteiger partial charge in [-0.3, -0.25) is 4.79 Å². The molecular weight excluding hydrogens is 343 g/mol. The number of hydrogen-bond acceptors (Lipinski definition) is 5. The molecule has 1 heterocycles. The van der Waals surface area contributed by atoms with Crippen molar-refractivity contribution >= 4 is 34.6 Å². The lowest BCUT2D eigenvalue weighted by Gasteiger charge is -2.07. The molecule has 1 aliphatic rings. The molecule has 0 radical (unpaired) electrons. The lowest BCUT2D eigenvalue weighted by Crippen LogP contribution is -2.19. The summed E-state index contributed by atoms with van der Waals surface area (Å²) in [5.41, 5.74) is 1.01. The number of halogens is 1. The molecule has 5 nitrogen and oxygen atoms in total. The smallest absolute Gasteiger partial charge is 0.264 e. The third-order valence-electron chi connectivity index (χ3n) is 3.32. The number of thioether (sulfide) groups is 1. The van der Waals surface area contributed by atoms with E-state index in [1.165, 1.54) is 24.3 Å². The van der Waals surface area contributed by atoms with E-state index in [9.17, 15) is 14.3 Å². The average Bonchev–Trinajstić information content (AvgIpc) is 2.93. The fraction of sp³-hybridized carbons (Fsp3) is 0.111. The van der Waals surface area contributed by atoms with Gasteiger partial charge in [0.1, 0.15) is 5.82 Å². The number of ether oxygens (including phenoxy) is 1. The average molecular weight is 358 g/mol. The minimum Gasteiger partial charge on any atom is -0.504 e. The largest absolute Gasteiger partial charge is 0.504 e. The number of nitrogens with zero attached hydrogens (tertiary/aromatic N) is 1. The van der Waals surface area contributed by atoms with Crippen molar-refractivity contribution in [3.05, 3.63) is 58.8 Å². The summed E-state index contributed by atoms with van der Waals surface area (Å²) in [6.07, 6.45) is 1.57. The van der Waals surface area contributed by atoms with Crippen molar-refractivity contribution in [1.29, 1.82) is 0 Å². The molecule has 1 amide bonds. The number of para-hydroxylation sites is 1. The number of phenolic OH excluding ortho intramolecular Hbond substituents is 1. The van der Waals surface area contributed by atoms with E-state index in [2.05, 4.69) is 10.3 Å². The van der Waals surface area contributed by atoms with Gasteiger partial charge in [0.25, 0.3) is 5.91 Å². The van der Waals surface area contributed by atoms with Crippen LogP contribution in [0.25, 0.3) is 6.08 Å². The summed E-state index contributed by atoms with van der Waals surface area (Å²) >= 11 is 1.15. The monoisotopic (exact) mass is 358 g/mol. The van der Waals surface area contributed by atoms with Crippen LogP contribution in [0.1, 0.15) is 12.5 Å². The van der Waals surface area contributed by atoms with Crippen LogP contribution < -0.4 is 10.1 Å². The summed E-state index contributed by atoms with van der Waals surface area (Å²) in [7, 11) is 0. The first-order chi connectivity index (χ1) is 12.1. The summed E-state index contributed by atoms with van der Waals surface area (Å²) in [6, 6.07) is 10.7. The maximum Gasteiger partial charge on any atom is 0.264 e. The molecule has 3 rings (SSSR count). The van der Waals surface area contributed by atoms with Crippen molar-refractivity contribution < 1.29 is 19.0 Å². The highest BCUT2D eigenvalue weighted by Crippen LogP contribution is 2.34. The van der Waals surface area contributed by atoms with Gasteiger partial charge >= 0.3 is 0 Å². The van der Waals surface area contributed by atoms with Gasteiger partial charge in [-0.15, -0.1) is 0 Å². The van der Waals surface area contributed by atoms with Crippen molar-refractivity contribution in [3.8, 4) is 11.5 Å². The van der Waals surface area contributed by atoms with E-state index in [1.54, 1.807) is 24.3 Å². The first kappa shape index (κ1) is 17.0. The van der Waals surface area contributed by atoms with E-state index in [1.807, 2.05) is 6.92 Å². The first-order valence-electron chi connectivity index (χ1n) is 7.56. The molecule has 2 N–H and O–H groups in total. The molecule has 0 bridgehead atoms. The molecule has 0 aliphatic carbocycles. The molecule has 1 aliphatic heterocycles. The van der Waals surface area contributed by atoms with Gasteiger partial charge < -0.3 is 15.2 Å². The van der Waals surface area contributed by atoms with Crippen LogP contribution in [0.15, 0.2) is 52.4 Å². The number of carbonyl (C=O) groups is 1. The zero-order valence-corrected chi connectivity index (χ0v) is 14.1. The number of aliphatic imine (C=N–C) groups is 1. The van der Waals surface area contributed by atoms with Crippen LogP contribution in [0.4, 0.5) is 10.1 Å². The summed E-state index contributed by atoms with van der Waals surface area (Å²) in [5, 5.41) is 13.3. The Morgan fingerprint density at radius 3 is 2.76 bits per heavy atom. The molecule has 0 saturated carbocycles. The van der Waals surface area contributed by atoms with Crippen molar-refractivity contribution in [2.75, 3.05) is 6.61 Å². The number of carbonyl (C=O) groups excluding carboxylic acids is 1. The highest BCUT2D eigenvalue weighted by molar-refractivity contribution is 8.18. The predicted molar refractivity (Wildman–Crippen MR) is 96.5 cm³/mol. The number of phenols is 1. The van der Waals surface area contributed by atoms with Crippen LogP contribution in [0.3, 0.4) is 0 Å². The lowest BCUT2D eigenvalue weighted by molar-refractivity contribution is -0.115. The Labute approximate surface area is 148 Å². The number of amidine groups is 1. The Kier molecular flexibility index (Phi) is 5.04. The van der Waals surface area contributed by atoms with E-state index in [4.69, 9.17) is 4.74 Å². The fourth-order valence-electron chi connectivity index (χ4n) is 2.18. The van der Waals surface area contributed by atoms with E-state index < -0.39 is 0 Å². The Hall–Kier alpha value is -2.80. The molecule has 7 heteroatoms. The number of amides is 1. The third-order valence-corrected chi connectivity index (χ3v) is 4.23. The molecule has 1 saturated heterocycles. The quantitative estimate of drug-likeness (QED) is 0.815. The van der Waals surface area contributed by atoms with Crippen LogP contribution in [0.2, 0.25) is 0 Å². The van der Waals surface area contributed by atoms with Crippen molar-refractivity contribution in [3.63, 3.8) is 0 Å². The van der Waals surface area contributed by atoms with Crippen LogP contribution in [-0.2, 0) is 4.79 Å². The molecule has 128 valence electrons.